The number of carbonyl (C=O) groups is 2. The first-order valence-corrected chi connectivity index (χ1v) is 8.23. The third-order valence-electron chi connectivity index (χ3n) is 3.86. The lowest BCUT2D eigenvalue weighted by atomic mass is 10.1. The molecule has 130 valence electrons. The molecule has 0 spiro atoms. The second-order valence-electron chi connectivity index (χ2n) is 5.87. The summed E-state index contributed by atoms with van der Waals surface area (Å²) in [7, 11) is 0. The van der Waals surface area contributed by atoms with Crippen LogP contribution in [0.2, 0.25) is 0 Å². The van der Waals surface area contributed by atoms with Crippen molar-refractivity contribution in [1.29, 1.82) is 0 Å². The molecule has 1 aliphatic rings. The Balaban J connectivity index is 1.95. The lowest BCUT2D eigenvalue weighted by molar-refractivity contribution is -0.120. The van der Waals surface area contributed by atoms with Gasteiger partial charge in [0.1, 0.15) is 0 Å². The molecule has 0 fully saturated rings. The Morgan fingerprint density at radius 3 is 2.83 bits per heavy atom. The fraction of sp³-hybridized carbons (Fsp3) is 0.471. The Labute approximate surface area is 142 Å². The van der Waals surface area contributed by atoms with Gasteiger partial charge in [0.2, 0.25) is 5.91 Å². The van der Waals surface area contributed by atoms with Crippen molar-refractivity contribution in [3.8, 4) is 0 Å². The molecule has 2 amide bonds. The highest BCUT2D eigenvalue weighted by Gasteiger charge is 2.12. The monoisotopic (exact) mass is 331 g/mol. The van der Waals surface area contributed by atoms with E-state index in [0.717, 1.165) is 30.8 Å². The van der Waals surface area contributed by atoms with Gasteiger partial charge in [0.15, 0.2) is 5.96 Å². The third kappa shape index (κ3) is 4.97. The molecule has 1 atom stereocenters. The van der Waals surface area contributed by atoms with Crippen LogP contribution < -0.4 is 21.3 Å². The number of anilines is 1. The first-order chi connectivity index (χ1) is 11.5. The lowest BCUT2D eigenvalue weighted by Gasteiger charge is -2.13. The minimum Gasteiger partial charge on any atom is -0.354 e. The Morgan fingerprint density at radius 1 is 1.38 bits per heavy atom. The zero-order valence-electron chi connectivity index (χ0n) is 14.4. The van der Waals surface area contributed by atoms with E-state index >= 15 is 0 Å². The van der Waals surface area contributed by atoms with Gasteiger partial charge in [-0.05, 0) is 38.0 Å². The van der Waals surface area contributed by atoms with Crippen molar-refractivity contribution in [2.75, 3.05) is 25.0 Å². The number of rotatable bonds is 6. The van der Waals surface area contributed by atoms with Crippen LogP contribution in [0.5, 0.6) is 0 Å². The molecule has 1 unspecified atom stereocenters. The van der Waals surface area contributed by atoms with Crippen molar-refractivity contribution in [2.45, 2.75) is 33.2 Å². The summed E-state index contributed by atoms with van der Waals surface area (Å²) in [6.45, 7) is 7.40. The van der Waals surface area contributed by atoms with Gasteiger partial charge in [-0.15, -0.1) is 0 Å². The minimum atomic E-state index is -0.279. The maximum Gasteiger partial charge on any atom is 0.251 e. The number of carbonyl (C=O) groups excluding carboxylic acids is 2. The molecule has 0 bridgehead atoms. The average molecular weight is 331 g/mol. The molecule has 1 heterocycles. The molecule has 7 nitrogen and oxygen atoms in total. The summed E-state index contributed by atoms with van der Waals surface area (Å²) in [4.78, 5) is 28.3. The van der Waals surface area contributed by atoms with Crippen LogP contribution in [-0.4, -0.2) is 43.5 Å². The van der Waals surface area contributed by atoms with Crippen molar-refractivity contribution >= 4 is 23.5 Å². The summed E-state index contributed by atoms with van der Waals surface area (Å²) >= 11 is 0. The largest absolute Gasteiger partial charge is 0.354 e. The number of guanidine groups is 1. The van der Waals surface area contributed by atoms with Crippen LogP contribution in [0.4, 0.5) is 5.69 Å². The summed E-state index contributed by atoms with van der Waals surface area (Å²) < 4.78 is 0. The topological polar surface area (TPSA) is 94.6 Å². The fourth-order valence-electron chi connectivity index (χ4n) is 2.20. The second-order valence-corrected chi connectivity index (χ2v) is 5.87. The molecule has 0 radical (unpaired) electrons. The number of hydrogen-bond acceptors (Lipinski definition) is 5. The van der Waals surface area contributed by atoms with Crippen LogP contribution in [0, 0.1) is 6.92 Å². The number of hydrogen-bond donors (Lipinski definition) is 4. The highest BCUT2D eigenvalue weighted by atomic mass is 16.2. The van der Waals surface area contributed by atoms with E-state index in [9.17, 15) is 9.59 Å². The van der Waals surface area contributed by atoms with Crippen LogP contribution in [-0.2, 0) is 4.79 Å². The van der Waals surface area contributed by atoms with Gasteiger partial charge in [0, 0.05) is 23.8 Å². The van der Waals surface area contributed by atoms with E-state index in [4.69, 9.17) is 0 Å². The molecular formula is C17H25N5O2. The second kappa shape index (κ2) is 8.33. The van der Waals surface area contributed by atoms with Crippen LogP contribution in [0.15, 0.2) is 23.2 Å². The summed E-state index contributed by atoms with van der Waals surface area (Å²) in [5.41, 5.74) is 2.33. The molecule has 2 rings (SSSR count). The quantitative estimate of drug-likeness (QED) is 0.626. The van der Waals surface area contributed by atoms with Crippen LogP contribution in [0.3, 0.4) is 0 Å². The smallest absolute Gasteiger partial charge is 0.251 e. The van der Waals surface area contributed by atoms with Crippen molar-refractivity contribution < 1.29 is 9.59 Å². The van der Waals surface area contributed by atoms with Gasteiger partial charge in [-0.2, -0.15) is 0 Å². The summed E-state index contributed by atoms with van der Waals surface area (Å²) in [5.74, 6) is 0.245. The van der Waals surface area contributed by atoms with E-state index in [1.54, 1.807) is 12.1 Å². The molecule has 1 aromatic rings. The molecule has 0 saturated heterocycles. The van der Waals surface area contributed by atoms with Crippen LogP contribution in [0.1, 0.15) is 36.2 Å². The van der Waals surface area contributed by atoms with Gasteiger partial charge in [-0.1, -0.05) is 13.0 Å². The first-order valence-electron chi connectivity index (χ1n) is 8.23. The zero-order valence-corrected chi connectivity index (χ0v) is 14.4. The molecular weight excluding hydrogens is 306 g/mol. The van der Waals surface area contributed by atoms with Crippen molar-refractivity contribution in [2.24, 2.45) is 4.99 Å². The lowest BCUT2D eigenvalue weighted by Crippen LogP contribution is -2.40. The molecule has 4 N–H and O–H groups in total. The Kier molecular flexibility index (Phi) is 6.17. The summed E-state index contributed by atoms with van der Waals surface area (Å²) in [6.07, 6.45) is 0.852. The van der Waals surface area contributed by atoms with E-state index in [1.165, 1.54) is 0 Å². The molecule has 0 aromatic heterocycles. The van der Waals surface area contributed by atoms with Crippen molar-refractivity contribution in [3.63, 3.8) is 0 Å². The normalized spacial score (nSPS) is 14.4. The van der Waals surface area contributed by atoms with Gasteiger partial charge >= 0.3 is 0 Å². The first kappa shape index (κ1) is 17.8. The molecule has 24 heavy (non-hydrogen) atoms. The number of nitrogens with one attached hydrogen (secondary N) is 4. The van der Waals surface area contributed by atoms with E-state index in [2.05, 4.69) is 26.3 Å². The zero-order chi connectivity index (χ0) is 17.5. The predicted molar refractivity (Wildman–Crippen MR) is 95.3 cm³/mol. The number of amides is 2. The SMILES string of the molecule is CCC(C)NC(=O)CNC(=O)c1ccc(C)c(NC2=NCCN2)c1. The third-order valence-corrected chi connectivity index (χ3v) is 3.86. The van der Waals surface area contributed by atoms with E-state index in [0.29, 0.717) is 11.5 Å². The van der Waals surface area contributed by atoms with Crippen LogP contribution in [0.25, 0.3) is 0 Å². The van der Waals surface area contributed by atoms with Gasteiger partial charge in [0.25, 0.3) is 5.91 Å². The van der Waals surface area contributed by atoms with Gasteiger partial charge in [0.05, 0.1) is 13.1 Å². The molecule has 0 saturated carbocycles. The van der Waals surface area contributed by atoms with E-state index < -0.39 is 0 Å². The Hall–Kier alpha value is -2.57. The molecule has 1 aromatic carbocycles. The highest BCUT2D eigenvalue weighted by Crippen LogP contribution is 2.17. The molecule has 0 aliphatic carbocycles. The van der Waals surface area contributed by atoms with Gasteiger partial charge < -0.3 is 21.3 Å². The van der Waals surface area contributed by atoms with Gasteiger partial charge in [-0.25, -0.2) is 0 Å². The predicted octanol–water partition coefficient (Wildman–Crippen LogP) is 1.01. The number of aryl methyl sites for hydroxylation is 1. The standard InChI is InChI=1S/C17H25N5O2/c1-4-12(3)21-15(23)10-20-16(24)13-6-5-11(2)14(9-13)22-17-18-7-8-19-17/h5-6,9,12H,4,7-8,10H2,1-3H3,(H,20,24)(H,21,23)(H2,18,19,22). The maximum absolute atomic E-state index is 12.2. The number of aliphatic imine (C=N–C) groups is 1. The van der Waals surface area contributed by atoms with E-state index in [1.807, 2.05) is 26.8 Å². The number of benzene rings is 1. The maximum atomic E-state index is 12.2. The molecule has 7 heteroatoms. The van der Waals surface area contributed by atoms with Crippen molar-refractivity contribution in [3.05, 3.63) is 29.3 Å². The fourth-order valence-corrected chi connectivity index (χ4v) is 2.20. The van der Waals surface area contributed by atoms with Crippen LogP contribution >= 0.6 is 0 Å². The number of nitrogens with zero attached hydrogens (tertiary/aromatic N) is 1. The van der Waals surface area contributed by atoms with E-state index in [-0.39, 0.29) is 24.4 Å². The Morgan fingerprint density at radius 2 is 2.17 bits per heavy atom. The molecule has 1 aliphatic heterocycles. The summed E-state index contributed by atoms with van der Waals surface area (Å²) in [6, 6.07) is 5.47. The minimum absolute atomic E-state index is 0.0337. The van der Waals surface area contributed by atoms with Gasteiger partial charge in [-0.3, -0.25) is 14.6 Å². The summed E-state index contributed by atoms with van der Waals surface area (Å²) in [5, 5.41) is 11.8. The van der Waals surface area contributed by atoms with Crippen molar-refractivity contribution in [1.82, 2.24) is 16.0 Å². The Bertz CT molecular complexity index is 642. The average Bonchev–Trinajstić information content (AvgIpc) is 3.07. The highest BCUT2D eigenvalue weighted by molar-refractivity contribution is 6.00.